The summed E-state index contributed by atoms with van der Waals surface area (Å²) in [5.41, 5.74) is 0.279. The van der Waals surface area contributed by atoms with Crippen LogP contribution >= 0.6 is 0 Å². The van der Waals surface area contributed by atoms with Gasteiger partial charge in [0.1, 0.15) is 17.2 Å². The summed E-state index contributed by atoms with van der Waals surface area (Å²) in [5.74, 6) is 0.624. The summed E-state index contributed by atoms with van der Waals surface area (Å²) in [4.78, 5) is 0. The highest BCUT2D eigenvalue weighted by molar-refractivity contribution is 5.38. The number of benzene rings is 1. The van der Waals surface area contributed by atoms with Crippen LogP contribution in [0.2, 0.25) is 0 Å². The molecule has 0 aromatic heterocycles. The third-order valence-electron chi connectivity index (χ3n) is 3.16. The van der Waals surface area contributed by atoms with E-state index in [1.165, 1.54) is 12.1 Å². The quantitative estimate of drug-likeness (QED) is 0.855. The topological polar surface area (TPSA) is 29.5 Å². The highest BCUT2D eigenvalue weighted by Crippen LogP contribution is 2.42. The van der Waals surface area contributed by atoms with Crippen LogP contribution in [0.4, 0.5) is 4.39 Å². The molecule has 1 aromatic carbocycles. The maximum atomic E-state index is 13.2. The molecule has 3 heteroatoms. The molecule has 0 aliphatic carbocycles. The fourth-order valence-electron chi connectivity index (χ4n) is 2.69. The van der Waals surface area contributed by atoms with Gasteiger partial charge in [0.2, 0.25) is 0 Å². The lowest BCUT2D eigenvalue weighted by Crippen LogP contribution is -2.39. The first kappa shape index (κ1) is 12.4. The molecule has 1 aromatic rings. The Morgan fingerprint density at radius 2 is 2.24 bits per heavy atom. The summed E-state index contributed by atoms with van der Waals surface area (Å²) in [6.45, 7) is 6.20. The lowest BCUT2D eigenvalue weighted by atomic mass is 9.84. The van der Waals surface area contributed by atoms with Gasteiger partial charge in [0, 0.05) is 18.1 Å². The van der Waals surface area contributed by atoms with Gasteiger partial charge in [0.05, 0.1) is 6.10 Å². The second-order valence-corrected chi connectivity index (χ2v) is 5.55. The fourth-order valence-corrected chi connectivity index (χ4v) is 2.69. The number of rotatable bonds is 2. The zero-order valence-corrected chi connectivity index (χ0v) is 10.5. The van der Waals surface area contributed by atoms with Crippen molar-refractivity contribution in [3.63, 3.8) is 0 Å². The summed E-state index contributed by atoms with van der Waals surface area (Å²) in [6.07, 6.45) is 0.840. The van der Waals surface area contributed by atoms with Crippen LogP contribution in [0.25, 0.3) is 0 Å². The fraction of sp³-hybridized carbons (Fsp3) is 0.571. The maximum Gasteiger partial charge on any atom is 0.128 e. The van der Waals surface area contributed by atoms with E-state index >= 15 is 0 Å². The molecule has 2 atom stereocenters. The first-order valence-corrected chi connectivity index (χ1v) is 6.06. The maximum absolute atomic E-state index is 13.2. The Morgan fingerprint density at radius 3 is 2.88 bits per heavy atom. The van der Waals surface area contributed by atoms with Crippen molar-refractivity contribution in [3.05, 3.63) is 29.6 Å². The van der Waals surface area contributed by atoms with Gasteiger partial charge in [-0.1, -0.05) is 13.8 Å². The zero-order valence-electron chi connectivity index (χ0n) is 10.5. The average molecular weight is 238 g/mol. The van der Waals surface area contributed by atoms with E-state index in [9.17, 15) is 9.50 Å². The van der Waals surface area contributed by atoms with Gasteiger partial charge >= 0.3 is 0 Å². The van der Waals surface area contributed by atoms with Gasteiger partial charge < -0.3 is 9.84 Å². The van der Waals surface area contributed by atoms with E-state index in [2.05, 4.69) is 13.8 Å². The van der Waals surface area contributed by atoms with Crippen molar-refractivity contribution in [2.75, 3.05) is 0 Å². The number of halogens is 1. The molecule has 94 valence electrons. The third kappa shape index (κ3) is 2.60. The van der Waals surface area contributed by atoms with Gasteiger partial charge in [-0.15, -0.1) is 0 Å². The second-order valence-electron chi connectivity index (χ2n) is 5.55. The summed E-state index contributed by atoms with van der Waals surface area (Å²) in [7, 11) is 0. The van der Waals surface area contributed by atoms with Crippen molar-refractivity contribution >= 4 is 0 Å². The molecular weight excluding hydrogens is 219 g/mol. The van der Waals surface area contributed by atoms with Crippen molar-refractivity contribution < 1.29 is 14.2 Å². The highest BCUT2D eigenvalue weighted by Gasteiger charge is 2.37. The molecule has 2 nitrogen and oxygen atoms in total. The van der Waals surface area contributed by atoms with Crippen LogP contribution in [0.15, 0.2) is 18.2 Å². The van der Waals surface area contributed by atoms with E-state index in [4.69, 9.17) is 4.74 Å². The lowest BCUT2D eigenvalue weighted by Gasteiger charge is -2.39. The summed E-state index contributed by atoms with van der Waals surface area (Å²) in [6, 6.07) is 4.32. The smallest absolute Gasteiger partial charge is 0.128 e. The minimum absolute atomic E-state index is 0.329. The van der Waals surface area contributed by atoms with Crippen LogP contribution in [0, 0.1) is 11.7 Å². The molecule has 1 N–H and O–H groups in total. The molecule has 0 amide bonds. The molecule has 0 saturated heterocycles. The molecule has 1 aliphatic rings. The van der Waals surface area contributed by atoms with Gasteiger partial charge in [0.15, 0.2) is 0 Å². The number of fused-ring (bicyclic) bond motifs is 1. The van der Waals surface area contributed by atoms with Crippen molar-refractivity contribution in [1.29, 1.82) is 0 Å². The molecule has 1 aliphatic heterocycles. The van der Waals surface area contributed by atoms with Gasteiger partial charge in [0.25, 0.3) is 0 Å². The molecule has 2 rings (SSSR count). The Balaban J connectivity index is 2.31. The highest BCUT2D eigenvalue weighted by atomic mass is 19.1. The number of ether oxygens (including phenoxy) is 1. The van der Waals surface area contributed by atoms with Crippen LogP contribution in [0.1, 0.15) is 45.3 Å². The summed E-state index contributed by atoms with van der Waals surface area (Å²) < 4.78 is 19.1. The van der Waals surface area contributed by atoms with Crippen molar-refractivity contribution in [2.45, 2.75) is 45.3 Å². The molecule has 1 unspecified atom stereocenters. The minimum atomic E-state index is -0.567. The predicted octanol–water partition coefficient (Wildman–Crippen LogP) is 3.45. The van der Waals surface area contributed by atoms with Gasteiger partial charge in [-0.05, 0) is 31.4 Å². The van der Waals surface area contributed by atoms with Gasteiger partial charge in [-0.2, -0.15) is 0 Å². The standard InChI is InChI=1S/C14H19FO2/c1-9(2)7-14(3)8-12(16)11-5-4-10(15)6-13(11)17-14/h4-6,9,12,16H,7-8H2,1-3H3/t12-,14?/m1/s1. The Bertz CT molecular complexity index is 417. The van der Waals surface area contributed by atoms with E-state index in [0.717, 1.165) is 6.42 Å². The molecule has 0 radical (unpaired) electrons. The number of hydrogen-bond acceptors (Lipinski definition) is 2. The SMILES string of the molecule is CC(C)CC1(C)C[C@@H](O)c2ccc(F)cc2O1. The van der Waals surface area contributed by atoms with Crippen LogP contribution < -0.4 is 4.74 Å². The number of aliphatic hydroxyl groups is 1. The first-order chi connectivity index (χ1) is 7.89. The Morgan fingerprint density at radius 1 is 1.53 bits per heavy atom. The van der Waals surface area contributed by atoms with E-state index in [1.54, 1.807) is 6.07 Å². The predicted molar refractivity (Wildman–Crippen MR) is 64.5 cm³/mol. The van der Waals surface area contributed by atoms with Crippen LogP contribution in [-0.2, 0) is 0 Å². The van der Waals surface area contributed by atoms with E-state index < -0.39 is 11.7 Å². The molecule has 0 saturated carbocycles. The average Bonchev–Trinajstić information content (AvgIpc) is 2.13. The summed E-state index contributed by atoms with van der Waals surface area (Å²) in [5, 5.41) is 10.1. The molecule has 17 heavy (non-hydrogen) atoms. The third-order valence-corrected chi connectivity index (χ3v) is 3.16. The Hall–Kier alpha value is -1.09. The second kappa shape index (κ2) is 4.30. The van der Waals surface area contributed by atoms with Crippen molar-refractivity contribution in [2.24, 2.45) is 5.92 Å². The largest absolute Gasteiger partial charge is 0.487 e. The minimum Gasteiger partial charge on any atom is -0.487 e. The van der Waals surface area contributed by atoms with E-state index in [1.807, 2.05) is 6.92 Å². The molecular formula is C14H19FO2. The molecule has 1 heterocycles. The van der Waals surface area contributed by atoms with E-state index in [-0.39, 0.29) is 5.82 Å². The van der Waals surface area contributed by atoms with Crippen molar-refractivity contribution in [3.8, 4) is 5.75 Å². The number of aliphatic hydroxyl groups excluding tert-OH is 1. The lowest BCUT2D eigenvalue weighted by molar-refractivity contribution is -0.0147. The van der Waals surface area contributed by atoms with Gasteiger partial charge in [-0.3, -0.25) is 0 Å². The normalized spacial score (nSPS) is 27.8. The van der Waals surface area contributed by atoms with Crippen molar-refractivity contribution in [1.82, 2.24) is 0 Å². The van der Waals surface area contributed by atoms with E-state index in [0.29, 0.717) is 23.7 Å². The monoisotopic (exact) mass is 238 g/mol. The molecule has 0 fully saturated rings. The summed E-state index contributed by atoms with van der Waals surface area (Å²) >= 11 is 0. The zero-order chi connectivity index (χ0) is 12.6. The Kier molecular flexibility index (Phi) is 3.13. The van der Waals surface area contributed by atoms with Gasteiger partial charge in [-0.25, -0.2) is 4.39 Å². The molecule has 0 bridgehead atoms. The number of hydrogen-bond donors (Lipinski definition) is 1. The molecule has 0 spiro atoms. The van der Waals surface area contributed by atoms with Crippen LogP contribution in [-0.4, -0.2) is 10.7 Å². The Labute approximate surface area is 101 Å². The first-order valence-electron chi connectivity index (χ1n) is 6.06. The van der Waals surface area contributed by atoms with Crippen LogP contribution in [0.3, 0.4) is 0 Å². The van der Waals surface area contributed by atoms with Crippen LogP contribution in [0.5, 0.6) is 5.75 Å².